The molecule has 0 unspecified atom stereocenters. The first-order chi connectivity index (χ1) is 21.0. The highest BCUT2D eigenvalue weighted by atomic mass is 19.4. The average molecular weight is 616 g/mol. The van der Waals surface area contributed by atoms with Crippen molar-refractivity contribution in [2.45, 2.75) is 52.4 Å². The molecule has 11 heteroatoms. The number of carboxylic acid groups (broad SMARTS) is 1. The van der Waals surface area contributed by atoms with Gasteiger partial charge in [0.15, 0.2) is 11.5 Å². The number of ether oxygens (including phenoxy) is 3. The minimum absolute atomic E-state index is 0.00840. The third kappa shape index (κ3) is 7.27. The Morgan fingerprint density at radius 2 is 1.77 bits per heavy atom. The molecule has 0 radical (unpaired) electrons. The maximum Gasteiger partial charge on any atom is 0.416 e. The molecule has 0 amide bonds. The molecule has 1 N–H and O–H groups in total. The highest BCUT2D eigenvalue weighted by Gasteiger charge is 2.32. The summed E-state index contributed by atoms with van der Waals surface area (Å²) in [5, 5.41) is 11.0. The summed E-state index contributed by atoms with van der Waals surface area (Å²) in [7, 11) is 0. The van der Waals surface area contributed by atoms with Crippen molar-refractivity contribution in [3.63, 3.8) is 0 Å². The van der Waals surface area contributed by atoms with Gasteiger partial charge < -0.3 is 19.3 Å². The lowest BCUT2D eigenvalue weighted by Gasteiger charge is -2.40. The Kier molecular flexibility index (Phi) is 9.97. The molecule has 238 valence electrons. The number of nitrogens with zero attached hydrogens (tertiary/aromatic N) is 3. The molecular formula is C33H40F3N3O5. The van der Waals surface area contributed by atoms with E-state index in [1.165, 1.54) is 6.07 Å². The van der Waals surface area contributed by atoms with E-state index in [1.54, 1.807) is 18.2 Å². The van der Waals surface area contributed by atoms with Gasteiger partial charge in [-0.05, 0) is 57.0 Å². The van der Waals surface area contributed by atoms with Crippen molar-refractivity contribution in [2.24, 2.45) is 5.92 Å². The largest absolute Gasteiger partial charge is 0.490 e. The standard InChI is InChI=1S/C33H40F3N3O5/c1-4-43-28-17-25-27(18-29(28)44-20-21(2)3)37-31(22-6-5-7-23(16-22)33(34,35)36)26(30(25)32(40)41)19-38-10-8-24(9-11-38)39-12-14-42-15-13-39/h5-7,16-18,21,24H,4,8-15,19-20H2,1-3H3,(H,40,41). The molecule has 0 spiro atoms. The molecule has 1 aromatic heterocycles. The van der Waals surface area contributed by atoms with Crippen LogP contribution in [0.2, 0.25) is 0 Å². The summed E-state index contributed by atoms with van der Waals surface area (Å²) < 4.78 is 58.6. The lowest BCUT2D eigenvalue weighted by Crippen LogP contribution is -2.48. The van der Waals surface area contributed by atoms with Crippen LogP contribution in [0, 0.1) is 5.92 Å². The predicted molar refractivity (Wildman–Crippen MR) is 161 cm³/mol. The first-order valence-corrected chi connectivity index (χ1v) is 15.3. The minimum Gasteiger partial charge on any atom is -0.490 e. The van der Waals surface area contributed by atoms with Gasteiger partial charge in [-0.25, -0.2) is 9.78 Å². The van der Waals surface area contributed by atoms with Crippen molar-refractivity contribution in [3.05, 3.63) is 53.1 Å². The number of hydrogen-bond donors (Lipinski definition) is 1. The Morgan fingerprint density at radius 3 is 2.41 bits per heavy atom. The van der Waals surface area contributed by atoms with Crippen molar-refractivity contribution < 1.29 is 37.3 Å². The van der Waals surface area contributed by atoms with Crippen LogP contribution in [0.1, 0.15) is 55.1 Å². The number of alkyl halides is 3. The third-order valence-electron chi connectivity index (χ3n) is 8.20. The predicted octanol–water partition coefficient (Wildman–Crippen LogP) is 6.35. The van der Waals surface area contributed by atoms with E-state index in [0.717, 1.165) is 64.4 Å². The molecule has 3 heterocycles. The molecule has 2 aromatic carbocycles. The second-order valence-corrected chi connectivity index (χ2v) is 11.8. The summed E-state index contributed by atoms with van der Waals surface area (Å²) in [5.41, 5.74) is 0.309. The zero-order valence-corrected chi connectivity index (χ0v) is 25.5. The molecule has 0 saturated carbocycles. The molecule has 2 aliphatic rings. The minimum atomic E-state index is -4.56. The van der Waals surface area contributed by atoms with E-state index < -0.39 is 17.7 Å². The van der Waals surface area contributed by atoms with Crippen LogP contribution in [0.25, 0.3) is 22.2 Å². The summed E-state index contributed by atoms with van der Waals surface area (Å²) >= 11 is 0. The lowest BCUT2D eigenvalue weighted by atomic mass is 9.94. The van der Waals surface area contributed by atoms with Gasteiger partial charge in [0.1, 0.15) is 0 Å². The van der Waals surface area contributed by atoms with E-state index in [1.807, 2.05) is 20.8 Å². The maximum absolute atomic E-state index is 13.8. The lowest BCUT2D eigenvalue weighted by molar-refractivity contribution is -0.137. The molecule has 0 atom stereocenters. The number of piperidine rings is 1. The number of morpholine rings is 1. The van der Waals surface area contributed by atoms with Crippen LogP contribution >= 0.6 is 0 Å². The van der Waals surface area contributed by atoms with Gasteiger partial charge in [-0.1, -0.05) is 26.0 Å². The first-order valence-electron chi connectivity index (χ1n) is 15.3. The summed E-state index contributed by atoms with van der Waals surface area (Å²) in [4.78, 5) is 22.5. The highest BCUT2D eigenvalue weighted by molar-refractivity contribution is 6.06. The first kappa shape index (κ1) is 32.0. The Bertz CT molecular complexity index is 1470. The molecule has 0 aliphatic carbocycles. The topological polar surface area (TPSA) is 84.4 Å². The normalized spacial score (nSPS) is 17.3. The number of rotatable bonds is 10. The molecule has 3 aromatic rings. The second-order valence-electron chi connectivity index (χ2n) is 11.8. The molecular weight excluding hydrogens is 575 g/mol. The fourth-order valence-electron chi connectivity index (χ4n) is 6.04. The monoisotopic (exact) mass is 615 g/mol. The highest BCUT2D eigenvalue weighted by Crippen LogP contribution is 2.39. The van der Waals surface area contributed by atoms with Crippen LogP contribution in [0.3, 0.4) is 0 Å². The number of halogens is 3. The fourth-order valence-corrected chi connectivity index (χ4v) is 6.04. The number of benzene rings is 2. The van der Waals surface area contributed by atoms with E-state index in [-0.39, 0.29) is 29.3 Å². The van der Waals surface area contributed by atoms with E-state index in [0.29, 0.717) is 47.2 Å². The summed E-state index contributed by atoms with van der Waals surface area (Å²) in [6, 6.07) is 8.61. The quantitative estimate of drug-likeness (QED) is 0.283. The van der Waals surface area contributed by atoms with Gasteiger partial charge >= 0.3 is 12.1 Å². The Balaban J connectivity index is 1.61. The average Bonchev–Trinajstić information content (AvgIpc) is 3.00. The van der Waals surface area contributed by atoms with Crippen LogP contribution < -0.4 is 9.47 Å². The van der Waals surface area contributed by atoms with E-state index in [2.05, 4.69) is 9.80 Å². The maximum atomic E-state index is 13.8. The Hall–Kier alpha value is -3.41. The zero-order chi connectivity index (χ0) is 31.4. The van der Waals surface area contributed by atoms with Crippen LogP contribution in [-0.4, -0.2) is 84.5 Å². The number of carboxylic acids is 1. The number of aromatic carboxylic acids is 1. The molecule has 2 fully saturated rings. The Morgan fingerprint density at radius 1 is 1.07 bits per heavy atom. The molecule has 5 rings (SSSR count). The van der Waals surface area contributed by atoms with Crippen LogP contribution in [0.4, 0.5) is 13.2 Å². The summed E-state index contributed by atoms with van der Waals surface area (Å²) in [6.07, 6.45) is -2.74. The molecule has 2 aliphatic heterocycles. The van der Waals surface area contributed by atoms with Gasteiger partial charge in [-0.2, -0.15) is 13.2 Å². The van der Waals surface area contributed by atoms with Crippen molar-refractivity contribution in [1.29, 1.82) is 0 Å². The fraction of sp³-hybridized carbons (Fsp3) is 0.515. The van der Waals surface area contributed by atoms with E-state index in [4.69, 9.17) is 19.2 Å². The third-order valence-corrected chi connectivity index (χ3v) is 8.20. The zero-order valence-electron chi connectivity index (χ0n) is 25.5. The number of pyridine rings is 1. The van der Waals surface area contributed by atoms with Crippen molar-refractivity contribution in [1.82, 2.24) is 14.8 Å². The van der Waals surface area contributed by atoms with E-state index >= 15 is 0 Å². The Labute approximate surface area is 255 Å². The number of hydrogen-bond acceptors (Lipinski definition) is 7. The van der Waals surface area contributed by atoms with Crippen molar-refractivity contribution >= 4 is 16.9 Å². The van der Waals surface area contributed by atoms with Gasteiger partial charge in [0.2, 0.25) is 0 Å². The molecule has 44 heavy (non-hydrogen) atoms. The van der Waals surface area contributed by atoms with Crippen LogP contribution in [-0.2, 0) is 17.5 Å². The van der Waals surface area contributed by atoms with Crippen LogP contribution in [0.15, 0.2) is 36.4 Å². The summed E-state index contributed by atoms with van der Waals surface area (Å²) in [5.74, 6) is -0.154. The SMILES string of the molecule is CCOc1cc2c(C(=O)O)c(CN3CCC(N4CCOCC4)CC3)c(-c3cccc(C(F)(F)F)c3)nc2cc1OCC(C)C. The second kappa shape index (κ2) is 13.7. The van der Waals surface area contributed by atoms with Crippen LogP contribution in [0.5, 0.6) is 11.5 Å². The van der Waals surface area contributed by atoms with Crippen molar-refractivity contribution in [2.75, 3.05) is 52.6 Å². The number of aromatic nitrogens is 1. The van der Waals surface area contributed by atoms with Gasteiger partial charge in [0, 0.05) is 48.3 Å². The molecule has 2 saturated heterocycles. The summed E-state index contributed by atoms with van der Waals surface area (Å²) in [6.45, 7) is 11.5. The van der Waals surface area contributed by atoms with Gasteiger partial charge in [-0.3, -0.25) is 9.80 Å². The van der Waals surface area contributed by atoms with Crippen molar-refractivity contribution in [3.8, 4) is 22.8 Å². The number of fused-ring (bicyclic) bond motifs is 1. The van der Waals surface area contributed by atoms with E-state index in [9.17, 15) is 23.1 Å². The van der Waals surface area contributed by atoms with Gasteiger partial charge in [0.25, 0.3) is 0 Å². The number of likely N-dealkylation sites (tertiary alicyclic amines) is 1. The van der Waals surface area contributed by atoms with Gasteiger partial charge in [0.05, 0.1) is 48.8 Å². The molecule has 0 bridgehead atoms. The molecule has 8 nitrogen and oxygen atoms in total. The smallest absolute Gasteiger partial charge is 0.416 e. The van der Waals surface area contributed by atoms with Gasteiger partial charge in [-0.15, -0.1) is 0 Å². The number of carbonyl (C=O) groups is 1.